The van der Waals surface area contributed by atoms with Crippen molar-refractivity contribution < 1.29 is 19.1 Å². The summed E-state index contributed by atoms with van der Waals surface area (Å²) in [5.74, 6) is -1.07. The molecule has 1 fully saturated rings. The first-order valence-electron chi connectivity index (χ1n) is 8.15. The van der Waals surface area contributed by atoms with Crippen LogP contribution in [0.3, 0.4) is 0 Å². The number of esters is 1. The van der Waals surface area contributed by atoms with Crippen molar-refractivity contribution in [1.29, 1.82) is 0 Å². The van der Waals surface area contributed by atoms with E-state index in [1.54, 1.807) is 29.2 Å². The number of amides is 1. The average Bonchev–Trinajstić information content (AvgIpc) is 2.97. The molecule has 0 saturated carbocycles. The number of ether oxygens (including phenoxy) is 1. The van der Waals surface area contributed by atoms with E-state index >= 15 is 0 Å². The summed E-state index contributed by atoms with van der Waals surface area (Å²) in [5.41, 5.74) is 2.15. The maximum absolute atomic E-state index is 12.5. The summed E-state index contributed by atoms with van der Waals surface area (Å²) < 4.78 is 5.41. The molecule has 0 N–H and O–H groups in total. The molecule has 1 atom stereocenters. The molecule has 128 valence electrons. The molecule has 2 aromatic carbocycles. The molecule has 0 aromatic heterocycles. The van der Waals surface area contributed by atoms with Crippen LogP contribution in [0.15, 0.2) is 48.5 Å². The Kier molecular flexibility index (Phi) is 4.65. The van der Waals surface area contributed by atoms with Crippen LogP contribution < -0.4 is 9.64 Å². The maximum Gasteiger partial charge on any atom is 0.316 e. The van der Waals surface area contributed by atoms with Gasteiger partial charge in [-0.25, -0.2) is 0 Å². The third-order valence-electron chi connectivity index (χ3n) is 4.34. The lowest BCUT2D eigenvalue weighted by Crippen LogP contribution is -2.28. The van der Waals surface area contributed by atoms with Gasteiger partial charge in [0.25, 0.3) is 0 Å². The Morgan fingerprint density at radius 2 is 1.76 bits per heavy atom. The Bertz CT molecular complexity index is 843. The number of carbonyl (C=O) groups is 3. The number of benzene rings is 2. The highest BCUT2D eigenvalue weighted by Gasteiger charge is 2.37. The normalized spacial score (nSPS) is 16.8. The predicted octanol–water partition coefficient (Wildman–Crippen LogP) is 3.16. The van der Waals surface area contributed by atoms with Gasteiger partial charge in [-0.2, -0.15) is 0 Å². The van der Waals surface area contributed by atoms with Crippen molar-refractivity contribution in [3.8, 4) is 5.75 Å². The molecule has 1 aliphatic rings. The van der Waals surface area contributed by atoms with E-state index in [0.29, 0.717) is 5.56 Å². The van der Waals surface area contributed by atoms with Gasteiger partial charge in [0.15, 0.2) is 5.78 Å². The van der Waals surface area contributed by atoms with Gasteiger partial charge >= 0.3 is 5.97 Å². The Hall–Kier alpha value is -2.95. The van der Waals surface area contributed by atoms with Gasteiger partial charge in [-0.3, -0.25) is 14.4 Å². The molecule has 0 bridgehead atoms. The van der Waals surface area contributed by atoms with Crippen LogP contribution in [0.5, 0.6) is 5.75 Å². The van der Waals surface area contributed by atoms with Gasteiger partial charge in [0, 0.05) is 18.7 Å². The summed E-state index contributed by atoms with van der Waals surface area (Å²) in [4.78, 5) is 38.1. The molecular weight excluding hydrogens is 318 g/mol. The quantitative estimate of drug-likeness (QED) is 0.488. The number of carbonyl (C=O) groups excluding carboxylic acids is 3. The van der Waals surface area contributed by atoms with Crippen LogP contribution in [-0.2, 0) is 9.59 Å². The highest BCUT2D eigenvalue weighted by atomic mass is 16.5. The summed E-state index contributed by atoms with van der Waals surface area (Å²) in [6.45, 7) is 3.63. The fourth-order valence-corrected chi connectivity index (χ4v) is 3.00. The molecule has 0 unspecified atom stereocenters. The third kappa shape index (κ3) is 3.45. The zero-order chi connectivity index (χ0) is 18.0. The molecule has 1 heterocycles. The van der Waals surface area contributed by atoms with Crippen LogP contribution in [0.2, 0.25) is 0 Å². The van der Waals surface area contributed by atoms with Crippen molar-refractivity contribution in [2.45, 2.75) is 20.3 Å². The Morgan fingerprint density at radius 1 is 1.08 bits per heavy atom. The first-order chi connectivity index (χ1) is 12.0. The van der Waals surface area contributed by atoms with Crippen molar-refractivity contribution >= 4 is 23.3 Å². The van der Waals surface area contributed by atoms with Gasteiger partial charge in [-0.15, -0.1) is 0 Å². The van der Waals surface area contributed by atoms with Crippen molar-refractivity contribution in [2.24, 2.45) is 5.92 Å². The first kappa shape index (κ1) is 16.9. The van der Waals surface area contributed by atoms with E-state index < -0.39 is 11.9 Å². The monoisotopic (exact) mass is 337 g/mol. The molecule has 2 aromatic rings. The second kappa shape index (κ2) is 6.89. The second-order valence-corrected chi connectivity index (χ2v) is 6.17. The minimum Gasteiger partial charge on any atom is -0.425 e. The topological polar surface area (TPSA) is 63.7 Å². The summed E-state index contributed by atoms with van der Waals surface area (Å²) in [6, 6.07) is 14.2. The van der Waals surface area contributed by atoms with Gasteiger partial charge in [0.1, 0.15) is 5.75 Å². The van der Waals surface area contributed by atoms with Gasteiger partial charge in [-0.1, -0.05) is 30.3 Å². The fraction of sp³-hybridized carbons (Fsp3) is 0.250. The Balaban J connectivity index is 1.76. The van der Waals surface area contributed by atoms with Gasteiger partial charge in [0.05, 0.1) is 11.5 Å². The molecule has 1 aliphatic heterocycles. The van der Waals surface area contributed by atoms with Gasteiger partial charge in [0.2, 0.25) is 5.91 Å². The average molecular weight is 337 g/mol. The van der Waals surface area contributed by atoms with Crippen LogP contribution in [0, 0.1) is 12.8 Å². The van der Waals surface area contributed by atoms with E-state index in [0.717, 1.165) is 11.3 Å². The van der Waals surface area contributed by atoms with E-state index in [2.05, 4.69) is 0 Å². The molecule has 1 amide bonds. The summed E-state index contributed by atoms with van der Waals surface area (Å²) >= 11 is 0. The lowest BCUT2D eigenvalue weighted by atomic mass is 10.1. The van der Waals surface area contributed by atoms with E-state index in [1.807, 2.05) is 31.2 Å². The molecule has 5 nitrogen and oxygen atoms in total. The number of Topliss-reactive ketones (excluding diaryl/α,β-unsaturated/α-hetero) is 1. The predicted molar refractivity (Wildman–Crippen MR) is 93.7 cm³/mol. The zero-order valence-electron chi connectivity index (χ0n) is 14.2. The molecule has 0 aliphatic carbocycles. The van der Waals surface area contributed by atoms with Crippen LogP contribution in [0.4, 0.5) is 5.69 Å². The number of anilines is 1. The Labute approximate surface area is 146 Å². The number of hydrogen-bond acceptors (Lipinski definition) is 4. The van der Waals surface area contributed by atoms with Crippen molar-refractivity contribution in [3.05, 3.63) is 59.7 Å². The van der Waals surface area contributed by atoms with E-state index in [4.69, 9.17) is 4.74 Å². The molecule has 0 radical (unpaired) electrons. The molecule has 1 saturated heterocycles. The third-order valence-corrected chi connectivity index (χ3v) is 4.34. The van der Waals surface area contributed by atoms with Crippen LogP contribution >= 0.6 is 0 Å². The minimum absolute atomic E-state index is 0.101. The summed E-state index contributed by atoms with van der Waals surface area (Å²) in [6.07, 6.45) is 0.107. The largest absolute Gasteiger partial charge is 0.425 e. The second-order valence-electron chi connectivity index (χ2n) is 6.17. The van der Waals surface area contributed by atoms with E-state index in [1.165, 1.54) is 6.92 Å². The first-order valence-corrected chi connectivity index (χ1v) is 8.15. The molecular formula is C20H19NO4. The number of rotatable bonds is 4. The molecule has 5 heteroatoms. The van der Waals surface area contributed by atoms with Crippen LogP contribution in [0.25, 0.3) is 0 Å². The lowest BCUT2D eigenvalue weighted by molar-refractivity contribution is -0.139. The number of aryl methyl sites for hydroxylation is 1. The molecule has 0 spiro atoms. The highest BCUT2D eigenvalue weighted by molar-refractivity contribution is 6.01. The zero-order valence-corrected chi connectivity index (χ0v) is 14.2. The van der Waals surface area contributed by atoms with Gasteiger partial charge in [-0.05, 0) is 37.6 Å². The number of para-hydroxylation sites is 2. The Morgan fingerprint density at radius 3 is 2.48 bits per heavy atom. The minimum atomic E-state index is -0.549. The van der Waals surface area contributed by atoms with E-state index in [9.17, 15) is 14.4 Å². The SMILES string of the molecule is CC(=O)c1ccccc1OC(=O)[C@@H]1CC(=O)N(c2ccccc2C)C1. The lowest BCUT2D eigenvalue weighted by Gasteiger charge is -2.18. The smallest absolute Gasteiger partial charge is 0.316 e. The fourth-order valence-electron chi connectivity index (χ4n) is 3.00. The van der Waals surface area contributed by atoms with Crippen LogP contribution in [0.1, 0.15) is 29.3 Å². The van der Waals surface area contributed by atoms with Crippen LogP contribution in [-0.4, -0.2) is 24.2 Å². The van der Waals surface area contributed by atoms with Crippen molar-refractivity contribution in [3.63, 3.8) is 0 Å². The number of hydrogen-bond donors (Lipinski definition) is 0. The van der Waals surface area contributed by atoms with E-state index in [-0.39, 0.29) is 30.4 Å². The summed E-state index contributed by atoms with van der Waals surface area (Å²) in [5, 5.41) is 0. The van der Waals surface area contributed by atoms with Gasteiger partial charge < -0.3 is 9.64 Å². The number of ketones is 1. The van der Waals surface area contributed by atoms with Crippen molar-refractivity contribution in [1.82, 2.24) is 0 Å². The highest BCUT2D eigenvalue weighted by Crippen LogP contribution is 2.29. The maximum atomic E-state index is 12.5. The number of nitrogens with zero attached hydrogens (tertiary/aromatic N) is 1. The summed E-state index contributed by atoms with van der Waals surface area (Å²) in [7, 11) is 0. The molecule has 25 heavy (non-hydrogen) atoms. The standard InChI is InChI=1S/C20H19NO4/c1-13-7-3-5-9-17(13)21-12-15(11-19(21)23)20(24)25-18-10-6-4-8-16(18)14(2)22/h3-10,15H,11-12H2,1-2H3/t15-/m1/s1. The molecule has 3 rings (SSSR count). The van der Waals surface area contributed by atoms with Crippen molar-refractivity contribution in [2.75, 3.05) is 11.4 Å².